The normalized spacial score (nSPS) is 13.1. The number of aromatic nitrogens is 4. The summed E-state index contributed by atoms with van der Waals surface area (Å²) in [6.45, 7) is 0. The number of hydrogen-bond acceptors (Lipinski definition) is 5. The van der Waals surface area contributed by atoms with Crippen LogP contribution in [0, 0.1) is 0 Å². The van der Waals surface area contributed by atoms with Gasteiger partial charge in [-0.25, -0.2) is 18.4 Å². The van der Waals surface area contributed by atoms with E-state index < -0.39 is 10.1 Å². The van der Waals surface area contributed by atoms with Crippen LogP contribution in [0.1, 0.15) is 28.3 Å². The van der Waals surface area contributed by atoms with Crippen LogP contribution in [-0.4, -0.2) is 32.9 Å². The third kappa shape index (κ3) is 4.67. The summed E-state index contributed by atoms with van der Waals surface area (Å²) in [4.78, 5) is 15.4. The van der Waals surface area contributed by atoms with Gasteiger partial charge in [0.2, 0.25) is 0 Å². The largest absolute Gasteiger partial charge is 1.00 e. The number of benzene rings is 1. The van der Waals surface area contributed by atoms with E-state index in [1.807, 2.05) is 48.5 Å². The van der Waals surface area contributed by atoms with E-state index in [1.54, 1.807) is 36.4 Å². The van der Waals surface area contributed by atoms with Crippen LogP contribution in [0.3, 0.4) is 0 Å². The fraction of sp³-hybridized carbons (Fsp3) is 0. The number of hydrogen-bond donors (Lipinski definition) is 2. The molecule has 0 radical (unpaired) electrons. The van der Waals surface area contributed by atoms with Crippen LogP contribution in [0.2, 0.25) is 0 Å². The van der Waals surface area contributed by atoms with Crippen LogP contribution in [0.15, 0.2) is 78.9 Å². The van der Waals surface area contributed by atoms with Crippen molar-refractivity contribution in [3.8, 4) is 0 Å². The van der Waals surface area contributed by atoms with Gasteiger partial charge in [0.1, 0.15) is 10.1 Å². The first kappa shape index (κ1) is 23.5. The van der Waals surface area contributed by atoms with Crippen molar-refractivity contribution in [3.05, 3.63) is 107 Å². The van der Waals surface area contributed by atoms with Crippen LogP contribution in [-0.2, 0) is 10.1 Å². The van der Waals surface area contributed by atoms with Crippen LogP contribution >= 0.6 is 0 Å². The van der Waals surface area contributed by atoms with Crippen molar-refractivity contribution in [2.24, 2.45) is 0 Å². The summed E-state index contributed by atoms with van der Waals surface area (Å²) >= 11 is 0. The second-order valence-corrected chi connectivity index (χ2v) is 9.33. The zero-order valence-electron chi connectivity index (χ0n) is 18.7. The predicted molar refractivity (Wildman–Crippen MR) is 132 cm³/mol. The fourth-order valence-corrected chi connectivity index (χ4v) is 5.02. The van der Waals surface area contributed by atoms with Gasteiger partial charge in [-0.3, -0.25) is 0 Å². The molecular formula is C26H17N4NaO3S. The summed E-state index contributed by atoms with van der Waals surface area (Å²) in [5.74, 6) is 0. The van der Waals surface area contributed by atoms with Crippen molar-refractivity contribution in [3.63, 3.8) is 0 Å². The van der Waals surface area contributed by atoms with Gasteiger partial charge in [0.15, 0.2) is 0 Å². The van der Waals surface area contributed by atoms with E-state index in [4.69, 9.17) is 0 Å². The Bertz CT molecular complexity index is 1790. The van der Waals surface area contributed by atoms with Crippen LogP contribution < -0.4 is 29.6 Å². The molecule has 1 aromatic carbocycles. The van der Waals surface area contributed by atoms with E-state index >= 15 is 0 Å². The summed E-state index contributed by atoms with van der Waals surface area (Å²) in [7, 11) is -4.85. The van der Waals surface area contributed by atoms with Gasteiger partial charge in [0.25, 0.3) is 0 Å². The van der Waals surface area contributed by atoms with Gasteiger partial charge in [-0.15, -0.1) is 0 Å². The summed E-state index contributed by atoms with van der Waals surface area (Å²) in [6, 6.07) is 23.8. The van der Waals surface area contributed by atoms with Crippen LogP contribution in [0.25, 0.3) is 44.7 Å². The van der Waals surface area contributed by atoms with E-state index in [9.17, 15) is 13.0 Å². The molecule has 166 valence electrons. The van der Waals surface area contributed by atoms with E-state index in [1.165, 1.54) is 6.07 Å². The molecule has 0 aliphatic carbocycles. The average Bonchev–Trinajstić information content (AvgIpc) is 3.58. The Morgan fingerprint density at radius 2 is 1.23 bits per heavy atom. The summed E-state index contributed by atoms with van der Waals surface area (Å²) in [5.41, 5.74) is 5.90. The van der Waals surface area contributed by atoms with Crippen molar-refractivity contribution < 1.29 is 42.5 Å². The van der Waals surface area contributed by atoms with Crippen molar-refractivity contribution in [1.29, 1.82) is 0 Å². The van der Waals surface area contributed by atoms with Gasteiger partial charge < -0.3 is 14.5 Å². The molecule has 2 N–H and O–H groups in total. The van der Waals surface area contributed by atoms with E-state index in [0.717, 1.165) is 22.1 Å². The van der Waals surface area contributed by atoms with E-state index in [-0.39, 0.29) is 45.7 Å². The first-order valence-electron chi connectivity index (χ1n) is 10.6. The first-order valence-corrected chi connectivity index (χ1v) is 12.0. The molecule has 0 saturated carbocycles. The molecule has 0 spiro atoms. The molecule has 0 amide bonds. The Labute approximate surface area is 223 Å². The predicted octanol–water partition coefficient (Wildman–Crippen LogP) is 1.95. The maximum Gasteiger partial charge on any atom is 1.00 e. The molecule has 9 heteroatoms. The quantitative estimate of drug-likeness (QED) is 0.291. The van der Waals surface area contributed by atoms with Gasteiger partial charge in [0, 0.05) is 27.6 Å². The molecule has 0 atom stereocenters. The van der Waals surface area contributed by atoms with Gasteiger partial charge in [-0.1, -0.05) is 30.3 Å². The SMILES string of the molecule is O=S(=O)([O-])C1=C(c2ccccc2)c2cc3ccc(cc4ccc(cc5nc(cc1n2)C=C5)[nH]4)[nH]3.[Na+]. The van der Waals surface area contributed by atoms with Crippen molar-refractivity contribution in [2.75, 3.05) is 0 Å². The zero-order chi connectivity index (χ0) is 23.3. The fourth-order valence-electron chi connectivity index (χ4n) is 4.19. The minimum Gasteiger partial charge on any atom is -0.744 e. The Kier molecular flexibility index (Phi) is 6.08. The Balaban J connectivity index is 0.00000253. The van der Waals surface area contributed by atoms with Crippen molar-refractivity contribution in [2.45, 2.75) is 0 Å². The maximum absolute atomic E-state index is 12.5. The number of H-pyrrole nitrogens is 2. The number of nitrogens with zero attached hydrogens (tertiary/aromatic N) is 2. The molecule has 0 fully saturated rings. The first-order chi connectivity index (χ1) is 16.4. The maximum atomic E-state index is 12.5. The molecule has 2 aliphatic rings. The van der Waals surface area contributed by atoms with Crippen molar-refractivity contribution in [1.82, 2.24) is 19.9 Å². The standard InChI is InChI=1S/C26H18N4O3S.Na/c31-34(32,33)26-24-15-22-11-9-20(29-22)13-18-7-6-17(27-18)12-19-8-10-21(28-19)14-23(30-24)25(26)16-4-2-1-3-5-16;/h1-15,27-28H,(H,31,32,33);/q;+1/p-1. The topological polar surface area (TPSA) is 115 Å². The Morgan fingerprint density at radius 3 is 1.86 bits per heavy atom. The molecule has 0 unspecified atom stereocenters. The molecule has 0 saturated heterocycles. The number of rotatable bonds is 2. The molecule has 3 aromatic heterocycles. The monoisotopic (exact) mass is 488 g/mol. The molecule has 2 aliphatic heterocycles. The minimum atomic E-state index is -4.85. The van der Waals surface area contributed by atoms with Gasteiger partial charge in [-0.2, -0.15) is 0 Å². The minimum absolute atomic E-state index is 0. The Morgan fingerprint density at radius 1 is 0.657 bits per heavy atom. The summed E-state index contributed by atoms with van der Waals surface area (Å²) < 4.78 is 37.4. The third-order valence-electron chi connectivity index (χ3n) is 5.61. The number of fused-ring (bicyclic) bond motifs is 8. The molecule has 4 aromatic rings. The molecule has 7 nitrogen and oxygen atoms in total. The zero-order valence-corrected chi connectivity index (χ0v) is 21.5. The molecular weight excluding hydrogens is 471 g/mol. The average molecular weight is 489 g/mol. The van der Waals surface area contributed by atoms with Crippen molar-refractivity contribution >= 4 is 54.8 Å². The van der Waals surface area contributed by atoms with Gasteiger partial charge in [-0.05, 0) is 66.2 Å². The molecule has 35 heavy (non-hydrogen) atoms. The smallest absolute Gasteiger partial charge is 0.744 e. The number of nitrogens with one attached hydrogen (secondary N) is 2. The second kappa shape index (κ2) is 9.07. The van der Waals surface area contributed by atoms with Gasteiger partial charge >= 0.3 is 29.6 Å². The molecule has 6 rings (SSSR count). The second-order valence-electron chi connectivity index (χ2n) is 8.02. The summed E-state index contributed by atoms with van der Waals surface area (Å²) in [6.07, 6.45) is 3.59. The third-order valence-corrected chi connectivity index (χ3v) is 6.52. The Hall–Kier alpha value is -3.27. The van der Waals surface area contributed by atoms with Crippen LogP contribution in [0.5, 0.6) is 0 Å². The van der Waals surface area contributed by atoms with E-state index in [0.29, 0.717) is 22.6 Å². The van der Waals surface area contributed by atoms with Crippen LogP contribution in [0.4, 0.5) is 0 Å². The van der Waals surface area contributed by atoms with Gasteiger partial charge in [0.05, 0.1) is 27.7 Å². The summed E-state index contributed by atoms with van der Waals surface area (Å²) in [5, 5.41) is 0. The van der Waals surface area contributed by atoms with E-state index in [2.05, 4.69) is 19.9 Å². The molecule has 5 heterocycles. The molecule has 8 bridgehead atoms. The number of aromatic amines is 2.